The van der Waals surface area contributed by atoms with Crippen LogP contribution in [0.4, 0.5) is 4.39 Å². The van der Waals surface area contributed by atoms with Gasteiger partial charge in [0.05, 0.1) is 10.0 Å². The fourth-order valence-electron chi connectivity index (χ4n) is 1.72. The lowest BCUT2D eigenvalue weighted by Crippen LogP contribution is -2.05. The fraction of sp³-hybridized carbons (Fsp3) is 0.118. The number of hydrogen-bond donors (Lipinski definition) is 0. The minimum absolute atomic E-state index is 0.0751. The van der Waals surface area contributed by atoms with Crippen LogP contribution in [0, 0.1) is 18.2 Å². The molecular formula is C17H12BrFO3. The molecule has 0 aliphatic carbocycles. The molecule has 2 rings (SSSR count). The third-order valence-corrected chi connectivity index (χ3v) is 3.36. The van der Waals surface area contributed by atoms with E-state index >= 15 is 0 Å². The third kappa shape index (κ3) is 4.34. The minimum Gasteiger partial charge on any atom is -0.488 e. The number of esters is 1. The predicted octanol–water partition coefficient (Wildman–Crippen LogP) is 3.96. The van der Waals surface area contributed by atoms with Crippen LogP contribution in [-0.4, -0.2) is 12.6 Å². The molecule has 0 aliphatic heterocycles. The third-order valence-electron chi connectivity index (χ3n) is 2.74. The van der Waals surface area contributed by atoms with Gasteiger partial charge in [-0.15, -0.1) is 6.42 Å². The summed E-state index contributed by atoms with van der Waals surface area (Å²) >= 11 is 3.32. The number of carbonyl (C=O) groups excluding carboxylic acids is 1. The Balaban J connectivity index is 2.04. The molecular weight excluding hydrogens is 351 g/mol. The Morgan fingerprint density at radius 1 is 1.27 bits per heavy atom. The Morgan fingerprint density at radius 3 is 2.77 bits per heavy atom. The molecule has 0 aromatic heterocycles. The summed E-state index contributed by atoms with van der Waals surface area (Å²) in [5.41, 5.74) is 1.07. The molecule has 112 valence electrons. The zero-order valence-corrected chi connectivity index (χ0v) is 13.1. The van der Waals surface area contributed by atoms with Gasteiger partial charge in [0.25, 0.3) is 0 Å². The molecule has 0 N–H and O–H groups in total. The average Bonchev–Trinajstić information content (AvgIpc) is 2.51. The van der Waals surface area contributed by atoms with E-state index in [0.29, 0.717) is 21.3 Å². The van der Waals surface area contributed by atoms with Gasteiger partial charge in [-0.2, -0.15) is 0 Å². The molecule has 22 heavy (non-hydrogen) atoms. The summed E-state index contributed by atoms with van der Waals surface area (Å²) in [7, 11) is 0. The van der Waals surface area contributed by atoms with Crippen molar-refractivity contribution in [2.24, 2.45) is 0 Å². The van der Waals surface area contributed by atoms with E-state index in [9.17, 15) is 9.18 Å². The van der Waals surface area contributed by atoms with Crippen LogP contribution in [0.25, 0.3) is 0 Å². The van der Waals surface area contributed by atoms with E-state index in [1.807, 2.05) is 0 Å². The van der Waals surface area contributed by atoms with Crippen LogP contribution >= 0.6 is 15.9 Å². The topological polar surface area (TPSA) is 35.5 Å². The standard InChI is InChI=1S/C17H12BrFO3/c1-2-8-21-17(20)13-6-7-16(15(18)10-13)22-11-12-4-3-5-14(19)9-12/h1,3-7,9-10H,8,11H2. The molecule has 0 bridgehead atoms. The second-order valence-electron chi connectivity index (χ2n) is 4.34. The molecule has 0 saturated carbocycles. The Kier molecular flexibility index (Phi) is 5.56. The monoisotopic (exact) mass is 362 g/mol. The first-order valence-corrected chi connectivity index (χ1v) is 7.17. The lowest BCUT2D eigenvalue weighted by atomic mass is 10.2. The number of terminal acetylenes is 1. The zero-order chi connectivity index (χ0) is 15.9. The second kappa shape index (κ2) is 7.62. The van der Waals surface area contributed by atoms with Crippen molar-refractivity contribution < 1.29 is 18.7 Å². The lowest BCUT2D eigenvalue weighted by molar-refractivity contribution is 0.0556. The molecule has 0 spiro atoms. The normalized spacial score (nSPS) is 9.86. The van der Waals surface area contributed by atoms with Gasteiger partial charge in [0, 0.05) is 0 Å². The number of hydrogen-bond acceptors (Lipinski definition) is 3. The SMILES string of the molecule is C#CCOC(=O)c1ccc(OCc2cccc(F)c2)c(Br)c1. The predicted molar refractivity (Wildman–Crippen MR) is 84.0 cm³/mol. The summed E-state index contributed by atoms with van der Waals surface area (Å²) in [6, 6.07) is 11.0. The van der Waals surface area contributed by atoms with Crippen molar-refractivity contribution in [3.8, 4) is 18.1 Å². The molecule has 2 aromatic rings. The quantitative estimate of drug-likeness (QED) is 0.596. The fourth-order valence-corrected chi connectivity index (χ4v) is 2.22. The Bertz CT molecular complexity index is 722. The Hall–Kier alpha value is -2.32. The van der Waals surface area contributed by atoms with Gasteiger partial charge in [0.2, 0.25) is 0 Å². The highest BCUT2D eigenvalue weighted by molar-refractivity contribution is 9.10. The van der Waals surface area contributed by atoms with E-state index in [1.54, 1.807) is 30.3 Å². The highest BCUT2D eigenvalue weighted by atomic mass is 79.9. The van der Waals surface area contributed by atoms with Crippen LogP contribution in [0.5, 0.6) is 5.75 Å². The maximum atomic E-state index is 13.1. The number of rotatable bonds is 5. The largest absolute Gasteiger partial charge is 0.488 e. The van der Waals surface area contributed by atoms with Gasteiger partial charge < -0.3 is 9.47 Å². The van der Waals surface area contributed by atoms with Gasteiger partial charge in [0.1, 0.15) is 18.2 Å². The first-order valence-electron chi connectivity index (χ1n) is 6.37. The lowest BCUT2D eigenvalue weighted by Gasteiger charge is -2.09. The van der Waals surface area contributed by atoms with E-state index in [0.717, 1.165) is 0 Å². The van der Waals surface area contributed by atoms with Gasteiger partial charge >= 0.3 is 5.97 Å². The van der Waals surface area contributed by atoms with Crippen LogP contribution in [0.3, 0.4) is 0 Å². The summed E-state index contributed by atoms with van der Waals surface area (Å²) in [6.45, 7) is 0.144. The van der Waals surface area contributed by atoms with Crippen LogP contribution in [0.1, 0.15) is 15.9 Å². The van der Waals surface area contributed by atoms with E-state index in [1.165, 1.54) is 12.1 Å². The molecule has 2 aromatic carbocycles. The second-order valence-corrected chi connectivity index (χ2v) is 5.20. The Labute approximate surface area is 136 Å². The Morgan fingerprint density at radius 2 is 2.09 bits per heavy atom. The van der Waals surface area contributed by atoms with Crippen LogP contribution in [-0.2, 0) is 11.3 Å². The number of carbonyl (C=O) groups is 1. The summed E-state index contributed by atoms with van der Waals surface area (Å²) in [4.78, 5) is 11.7. The van der Waals surface area contributed by atoms with E-state index in [2.05, 4.69) is 21.9 Å². The van der Waals surface area contributed by atoms with Crippen molar-refractivity contribution in [3.05, 3.63) is 63.9 Å². The maximum absolute atomic E-state index is 13.1. The smallest absolute Gasteiger partial charge is 0.339 e. The molecule has 3 nitrogen and oxygen atoms in total. The van der Waals surface area contributed by atoms with Gasteiger partial charge in [-0.05, 0) is 51.8 Å². The van der Waals surface area contributed by atoms with Crippen molar-refractivity contribution in [3.63, 3.8) is 0 Å². The average molecular weight is 363 g/mol. The molecule has 0 heterocycles. The van der Waals surface area contributed by atoms with E-state index in [-0.39, 0.29) is 19.0 Å². The van der Waals surface area contributed by atoms with Crippen molar-refractivity contribution in [2.45, 2.75) is 6.61 Å². The molecule has 0 aliphatic rings. The van der Waals surface area contributed by atoms with E-state index in [4.69, 9.17) is 15.9 Å². The highest BCUT2D eigenvalue weighted by Gasteiger charge is 2.10. The number of halogens is 2. The van der Waals surface area contributed by atoms with Gasteiger partial charge in [-0.25, -0.2) is 9.18 Å². The highest BCUT2D eigenvalue weighted by Crippen LogP contribution is 2.27. The molecule has 0 radical (unpaired) electrons. The van der Waals surface area contributed by atoms with Gasteiger partial charge in [0.15, 0.2) is 6.61 Å². The number of ether oxygens (including phenoxy) is 2. The van der Waals surface area contributed by atoms with Crippen molar-refractivity contribution in [1.29, 1.82) is 0 Å². The van der Waals surface area contributed by atoms with Crippen molar-refractivity contribution >= 4 is 21.9 Å². The first kappa shape index (κ1) is 16.1. The number of benzene rings is 2. The van der Waals surface area contributed by atoms with Crippen LogP contribution in [0.2, 0.25) is 0 Å². The van der Waals surface area contributed by atoms with Crippen LogP contribution < -0.4 is 4.74 Å². The molecule has 0 saturated heterocycles. The van der Waals surface area contributed by atoms with Gasteiger partial charge in [-0.1, -0.05) is 18.1 Å². The van der Waals surface area contributed by atoms with E-state index < -0.39 is 5.97 Å². The molecule has 0 fully saturated rings. The van der Waals surface area contributed by atoms with Crippen LogP contribution in [0.15, 0.2) is 46.9 Å². The summed E-state index contributed by atoms with van der Waals surface area (Å²) in [6.07, 6.45) is 5.03. The van der Waals surface area contributed by atoms with Gasteiger partial charge in [-0.3, -0.25) is 0 Å². The maximum Gasteiger partial charge on any atom is 0.339 e. The minimum atomic E-state index is -0.504. The summed E-state index contributed by atoms with van der Waals surface area (Å²) in [5.74, 6) is 1.95. The summed E-state index contributed by atoms with van der Waals surface area (Å²) < 4.78 is 24.1. The van der Waals surface area contributed by atoms with Crippen molar-refractivity contribution in [1.82, 2.24) is 0 Å². The molecule has 0 unspecified atom stereocenters. The molecule has 0 amide bonds. The molecule has 5 heteroatoms. The zero-order valence-electron chi connectivity index (χ0n) is 11.5. The first-order chi connectivity index (χ1) is 10.6. The molecule has 0 atom stereocenters. The van der Waals surface area contributed by atoms with Crippen molar-refractivity contribution in [2.75, 3.05) is 6.61 Å². The summed E-state index contributed by atoms with van der Waals surface area (Å²) in [5, 5.41) is 0.